The molecule has 2 aromatic rings. The van der Waals surface area contributed by atoms with Gasteiger partial charge in [-0.15, -0.1) is 10.2 Å². The number of nitrogens with one attached hydrogen (secondary N) is 1. The zero-order valence-corrected chi connectivity index (χ0v) is 13.7. The van der Waals surface area contributed by atoms with Crippen LogP contribution in [0.15, 0.2) is 28.7 Å². The van der Waals surface area contributed by atoms with Crippen molar-refractivity contribution in [1.29, 1.82) is 0 Å². The molecule has 0 aliphatic carbocycles. The normalized spacial score (nSPS) is 10.3. The summed E-state index contributed by atoms with van der Waals surface area (Å²) in [6.45, 7) is -0.0912. The first kappa shape index (κ1) is 16.1. The molecule has 2 rings (SSSR count). The van der Waals surface area contributed by atoms with Gasteiger partial charge in [-0.05, 0) is 17.3 Å². The maximum absolute atomic E-state index is 12.0. The Hall–Kier alpha value is -2.29. The summed E-state index contributed by atoms with van der Waals surface area (Å²) in [5.74, 6) is -0.0924. The SMILES string of the molecule is CNC(=O)CN(C)C(=O)Cn1nnc(-c2ccccc2Br)n1. The number of rotatable bonds is 5. The molecule has 0 aliphatic heterocycles. The van der Waals surface area contributed by atoms with Crippen molar-refractivity contribution < 1.29 is 9.59 Å². The van der Waals surface area contributed by atoms with Gasteiger partial charge in [-0.25, -0.2) is 0 Å². The highest BCUT2D eigenvalue weighted by molar-refractivity contribution is 9.10. The van der Waals surface area contributed by atoms with Gasteiger partial charge in [0.2, 0.25) is 17.6 Å². The molecular weight excluding hydrogens is 352 g/mol. The first-order valence-electron chi connectivity index (χ1n) is 6.48. The predicted molar refractivity (Wildman–Crippen MR) is 82.7 cm³/mol. The first-order valence-corrected chi connectivity index (χ1v) is 7.28. The maximum Gasteiger partial charge on any atom is 0.246 e. The number of benzene rings is 1. The number of amides is 2. The Morgan fingerprint density at radius 1 is 1.36 bits per heavy atom. The van der Waals surface area contributed by atoms with E-state index in [1.165, 1.54) is 16.7 Å². The van der Waals surface area contributed by atoms with Gasteiger partial charge in [0.1, 0.15) is 6.54 Å². The minimum absolute atomic E-state index is 0.0128. The Bertz CT molecular complexity index is 687. The number of nitrogens with zero attached hydrogens (tertiary/aromatic N) is 5. The fourth-order valence-electron chi connectivity index (χ4n) is 1.68. The van der Waals surface area contributed by atoms with Crippen molar-refractivity contribution in [1.82, 2.24) is 30.4 Å². The highest BCUT2D eigenvalue weighted by atomic mass is 79.9. The summed E-state index contributed by atoms with van der Waals surface area (Å²) >= 11 is 3.41. The number of hydrogen-bond acceptors (Lipinski definition) is 5. The number of halogens is 1. The highest BCUT2D eigenvalue weighted by Crippen LogP contribution is 2.24. The van der Waals surface area contributed by atoms with Crippen LogP contribution in [0.5, 0.6) is 0 Å². The van der Waals surface area contributed by atoms with Gasteiger partial charge in [-0.1, -0.05) is 28.1 Å². The Kier molecular flexibility index (Phi) is 5.21. The number of carbonyl (C=O) groups excluding carboxylic acids is 2. The first-order chi connectivity index (χ1) is 10.5. The number of tetrazole rings is 1. The minimum Gasteiger partial charge on any atom is -0.358 e. The van der Waals surface area contributed by atoms with Crippen LogP contribution in [0.25, 0.3) is 11.4 Å². The van der Waals surface area contributed by atoms with E-state index >= 15 is 0 Å². The molecule has 0 spiro atoms. The fourth-order valence-corrected chi connectivity index (χ4v) is 2.15. The van der Waals surface area contributed by atoms with Crippen molar-refractivity contribution in [3.63, 3.8) is 0 Å². The van der Waals surface area contributed by atoms with Gasteiger partial charge < -0.3 is 10.2 Å². The molecule has 0 saturated carbocycles. The van der Waals surface area contributed by atoms with Crippen molar-refractivity contribution in [2.45, 2.75) is 6.54 Å². The summed E-state index contributed by atoms with van der Waals surface area (Å²) in [5, 5.41) is 14.4. The average molecular weight is 367 g/mol. The molecule has 0 aliphatic rings. The standard InChI is InChI=1S/C13H15BrN6O2/c1-15-11(21)7-19(2)12(22)8-20-17-13(16-18-20)9-5-3-4-6-10(9)14/h3-6H,7-8H2,1-2H3,(H,15,21). The molecule has 116 valence electrons. The third kappa shape index (κ3) is 3.88. The number of aromatic nitrogens is 4. The molecule has 0 unspecified atom stereocenters. The van der Waals surface area contributed by atoms with Crippen molar-refractivity contribution in [2.75, 3.05) is 20.6 Å². The molecule has 1 N–H and O–H groups in total. The van der Waals surface area contributed by atoms with Crippen molar-refractivity contribution in [3.05, 3.63) is 28.7 Å². The Labute approximate surface area is 135 Å². The molecule has 1 heterocycles. The zero-order chi connectivity index (χ0) is 16.1. The maximum atomic E-state index is 12.0. The fraction of sp³-hybridized carbons (Fsp3) is 0.308. The van der Waals surface area contributed by atoms with Crippen LogP contribution in [0.1, 0.15) is 0 Å². The van der Waals surface area contributed by atoms with Gasteiger partial charge in [0, 0.05) is 24.1 Å². The third-order valence-electron chi connectivity index (χ3n) is 2.93. The van der Waals surface area contributed by atoms with Crippen molar-refractivity contribution in [2.24, 2.45) is 0 Å². The summed E-state index contributed by atoms with van der Waals surface area (Å²) in [6.07, 6.45) is 0. The molecule has 9 heteroatoms. The quantitative estimate of drug-likeness (QED) is 0.821. The van der Waals surface area contributed by atoms with E-state index in [0.717, 1.165) is 10.0 Å². The molecule has 2 amide bonds. The third-order valence-corrected chi connectivity index (χ3v) is 3.62. The monoisotopic (exact) mass is 366 g/mol. The van der Waals surface area contributed by atoms with Crippen molar-refractivity contribution in [3.8, 4) is 11.4 Å². The molecule has 1 aromatic carbocycles. The van der Waals surface area contributed by atoms with E-state index in [-0.39, 0.29) is 24.9 Å². The molecule has 1 aromatic heterocycles. The van der Waals surface area contributed by atoms with Gasteiger partial charge in [-0.2, -0.15) is 4.80 Å². The Morgan fingerprint density at radius 2 is 2.09 bits per heavy atom. The van der Waals surface area contributed by atoms with E-state index in [1.54, 1.807) is 7.05 Å². The lowest BCUT2D eigenvalue weighted by molar-refractivity contribution is -0.135. The molecule has 0 fully saturated rings. The summed E-state index contributed by atoms with van der Waals surface area (Å²) in [6, 6.07) is 7.47. The summed E-state index contributed by atoms with van der Waals surface area (Å²) < 4.78 is 0.845. The topological polar surface area (TPSA) is 93.0 Å². The molecule has 22 heavy (non-hydrogen) atoms. The number of likely N-dealkylation sites (N-methyl/N-ethyl adjacent to an activating group) is 2. The second-order valence-electron chi connectivity index (χ2n) is 4.55. The van der Waals surface area contributed by atoms with Gasteiger partial charge in [0.05, 0.1) is 6.54 Å². The van der Waals surface area contributed by atoms with Crippen LogP contribution in [0.3, 0.4) is 0 Å². The molecule has 0 bridgehead atoms. The van der Waals surface area contributed by atoms with Gasteiger partial charge in [0.25, 0.3) is 0 Å². The minimum atomic E-state index is -0.278. The van der Waals surface area contributed by atoms with E-state index in [1.807, 2.05) is 24.3 Å². The molecule has 0 saturated heterocycles. The molecule has 0 atom stereocenters. The second kappa shape index (κ2) is 7.12. The molecule has 0 radical (unpaired) electrons. The lowest BCUT2D eigenvalue weighted by Gasteiger charge is -2.15. The average Bonchev–Trinajstić information content (AvgIpc) is 2.95. The number of carbonyl (C=O) groups is 2. The van der Waals surface area contributed by atoms with Crippen LogP contribution < -0.4 is 5.32 Å². The Balaban J connectivity index is 2.05. The van der Waals surface area contributed by atoms with Gasteiger partial charge in [-0.3, -0.25) is 9.59 Å². The van der Waals surface area contributed by atoms with E-state index in [4.69, 9.17) is 0 Å². The Morgan fingerprint density at radius 3 is 2.77 bits per heavy atom. The summed E-state index contributed by atoms with van der Waals surface area (Å²) in [4.78, 5) is 25.7. The summed E-state index contributed by atoms with van der Waals surface area (Å²) in [5.41, 5.74) is 0.792. The van der Waals surface area contributed by atoms with E-state index in [0.29, 0.717) is 5.82 Å². The highest BCUT2D eigenvalue weighted by Gasteiger charge is 2.15. The van der Waals surface area contributed by atoms with E-state index in [9.17, 15) is 9.59 Å². The van der Waals surface area contributed by atoms with Crippen LogP contribution in [0, 0.1) is 0 Å². The number of hydrogen-bond donors (Lipinski definition) is 1. The molecule has 8 nitrogen and oxygen atoms in total. The van der Waals surface area contributed by atoms with Crippen LogP contribution in [0.2, 0.25) is 0 Å². The van der Waals surface area contributed by atoms with E-state index in [2.05, 4.69) is 36.7 Å². The van der Waals surface area contributed by atoms with Crippen LogP contribution in [-0.2, 0) is 16.1 Å². The van der Waals surface area contributed by atoms with Gasteiger partial charge in [0.15, 0.2) is 0 Å². The van der Waals surface area contributed by atoms with Crippen LogP contribution in [0.4, 0.5) is 0 Å². The zero-order valence-electron chi connectivity index (χ0n) is 12.2. The summed E-state index contributed by atoms with van der Waals surface area (Å²) in [7, 11) is 3.06. The smallest absolute Gasteiger partial charge is 0.246 e. The second-order valence-corrected chi connectivity index (χ2v) is 5.40. The lowest BCUT2D eigenvalue weighted by atomic mass is 10.2. The largest absolute Gasteiger partial charge is 0.358 e. The van der Waals surface area contributed by atoms with Crippen LogP contribution in [-0.4, -0.2) is 57.6 Å². The lowest BCUT2D eigenvalue weighted by Crippen LogP contribution is -2.38. The van der Waals surface area contributed by atoms with Gasteiger partial charge >= 0.3 is 0 Å². The van der Waals surface area contributed by atoms with Crippen LogP contribution >= 0.6 is 15.9 Å². The predicted octanol–water partition coefficient (Wildman–Crippen LogP) is 0.307. The van der Waals surface area contributed by atoms with Crippen molar-refractivity contribution >= 4 is 27.7 Å². The molecular formula is C13H15BrN6O2. The van der Waals surface area contributed by atoms with E-state index < -0.39 is 0 Å².